The summed E-state index contributed by atoms with van der Waals surface area (Å²) < 4.78 is 0. The van der Waals surface area contributed by atoms with E-state index in [1.54, 1.807) is 31.3 Å². The fraction of sp³-hybridized carbons (Fsp3) is 0.216. The lowest BCUT2D eigenvalue weighted by Gasteiger charge is -2.16. The molecule has 4 rings (SSSR count). The number of benzene rings is 3. The van der Waals surface area contributed by atoms with Crippen molar-refractivity contribution in [1.29, 1.82) is 0 Å². The fourth-order valence-corrected chi connectivity index (χ4v) is 5.55. The van der Waals surface area contributed by atoms with E-state index in [1.807, 2.05) is 73.7 Å². The van der Waals surface area contributed by atoms with E-state index in [0.717, 1.165) is 38.3 Å². The van der Waals surface area contributed by atoms with Crippen LogP contribution in [0.4, 0.5) is 0 Å². The van der Waals surface area contributed by atoms with Crippen LogP contribution in [0.1, 0.15) is 76.2 Å². The van der Waals surface area contributed by atoms with Gasteiger partial charge in [-0.1, -0.05) is 93.6 Å². The molecule has 4 aromatic rings. The molecule has 3 aromatic carbocycles. The Morgan fingerprint density at radius 3 is 1.89 bits per heavy atom. The lowest BCUT2D eigenvalue weighted by atomic mass is 9.95. The molecule has 1 heterocycles. The number of carboxylic acids is 1. The smallest absolute Gasteiger partial charge is 0.326 e. The van der Waals surface area contributed by atoms with Crippen molar-refractivity contribution < 1.29 is 19.5 Å². The minimum atomic E-state index is -1.10. The van der Waals surface area contributed by atoms with Gasteiger partial charge in [-0.05, 0) is 65.9 Å². The molecule has 0 radical (unpaired) electrons. The highest BCUT2D eigenvalue weighted by molar-refractivity contribution is 7.14. The zero-order valence-corrected chi connectivity index (χ0v) is 26.9. The first-order chi connectivity index (χ1) is 21.3. The van der Waals surface area contributed by atoms with Crippen LogP contribution in [-0.2, 0) is 16.6 Å². The van der Waals surface area contributed by atoms with E-state index >= 15 is 0 Å². The van der Waals surface area contributed by atoms with Gasteiger partial charge in [0.2, 0.25) is 0 Å². The summed E-state index contributed by atoms with van der Waals surface area (Å²) in [6, 6.07) is 25.4. The predicted molar refractivity (Wildman–Crippen MR) is 184 cm³/mol. The zero-order valence-electron chi connectivity index (χ0n) is 26.1. The topological polar surface area (TPSA) is 108 Å². The van der Waals surface area contributed by atoms with Gasteiger partial charge in [-0.2, -0.15) is 0 Å². The summed E-state index contributed by atoms with van der Waals surface area (Å²) in [6.45, 7) is 13.4. The summed E-state index contributed by atoms with van der Waals surface area (Å²) in [7, 11) is 0. The second-order valence-electron chi connectivity index (χ2n) is 11.8. The molecule has 0 aliphatic heterocycles. The molecule has 45 heavy (non-hydrogen) atoms. The number of ketones is 1. The van der Waals surface area contributed by atoms with Crippen LogP contribution in [0.15, 0.2) is 101 Å². The molecule has 2 N–H and O–H groups in total. The highest BCUT2D eigenvalue weighted by atomic mass is 32.1. The summed E-state index contributed by atoms with van der Waals surface area (Å²) in [5, 5.41) is 12.5. The number of carbonyl (C=O) groups is 3. The number of hydrogen-bond donors (Lipinski definition) is 2. The zero-order chi connectivity index (χ0) is 32.7. The third-order valence-electron chi connectivity index (χ3n) is 7.32. The molecular weight excluding hydrogens is 582 g/mol. The van der Waals surface area contributed by atoms with Crippen LogP contribution in [0.3, 0.4) is 0 Å². The molecule has 0 aliphatic rings. The van der Waals surface area contributed by atoms with E-state index in [-0.39, 0.29) is 17.6 Å². The number of carbonyl (C=O) groups excluding carboxylic acids is 2. The number of hydrogen-bond acceptors (Lipinski definition) is 5. The molecule has 0 aliphatic carbocycles. The monoisotopic (exact) mass is 619 g/mol. The number of carboxylic acid groups (broad SMARTS) is 1. The largest absolute Gasteiger partial charge is 0.480 e. The molecule has 0 saturated heterocycles. The summed E-state index contributed by atoms with van der Waals surface area (Å²) in [5.74, 6) is -1.03. The van der Waals surface area contributed by atoms with Crippen molar-refractivity contribution in [3.63, 3.8) is 0 Å². The van der Waals surface area contributed by atoms with Gasteiger partial charge in [-0.25, -0.2) is 14.8 Å². The summed E-state index contributed by atoms with van der Waals surface area (Å²) in [6.07, 6.45) is 1.86. The maximum Gasteiger partial charge on any atom is 0.326 e. The fourth-order valence-electron chi connectivity index (χ4n) is 4.58. The summed E-state index contributed by atoms with van der Waals surface area (Å²) in [5.41, 5.74) is 6.09. The van der Waals surface area contributed by atoms with Crippen molar-refractivity contribution in [2.45, 2.75) is 52.5 Å². The highest BCUT2D eigenvalue weighted by Gasteiger charge is 2.24. The molecule has 230 valence electrons. The number of rotatable bonds is 10. The van der Waals surface area contributed by atoms with E-state index in [4.69, 9.17) is 0 Å². The van der Waals surface area contributed by atoms with Crippen molar-refractivity contribution in [3.05, 3.63) is 123 Å². The van der Waals surface area contributed by atoms with E-state index in [1.165, 1.54) is 11.3 Å². The van der Waals surface area contributed by atoms with Gasteiger partial charge < -0.3 is 10.4 Å². The second-order valence-corrected chi connectivity index (χ2v) is 12.9. The molecular formula is C37H37N3O4S. The number of aliphatic carboxylic acids is 1. The first kappa shape index (κ1) is 33.0. The first-order valence-corrected chi connectivity index (χ1v) is 15.3. The van der Waals surface area contributed by atoms with Gasteiger partial charge in [0, 0.05) is 28.6 Å². The standard InChI is InChI=1S/C37H37N3O4S/c1-23(26-11-15-28(16-12-26)29-17-13-27(14-18-29)24(2)41)22-39-34(38-6)30-9-7-25(8-10-30)21-31(36(43)44)40-35(42)32-19-20-33(45-32)37(3,4)5/h7-20,22,31H,6,21H2,1-5H3,(H,40,42)(H,43,44)/b23-22+,39-34-/t31-/m0/s1. The molecule has 0 fully saturated rings. The van der Waals surface area contributed by atoms with Gasteiger partial charge in [0.05, 0.1) is 4.88 Å². The number of Topliss-reactive ketones (excluding diaryl/α,β-unsaturated/α-hetero) is 1. The Bertz CT molecular complexity index is 1760. The maximum atomic E-state index is 12.8. The Balaban J connectivity index is 1.42. The molecule has 1 amide bonds. The number of amidine groups is 1. The lowest BCUT2D eigenvalue weighted by Crippen LogP contribution is -2.42. The van der Waals surface area contributed by atoms with Crippen LogP contribution < -0.4 is 5.32 Å². The van der Waals surface area contributed by atoms with Crippen LogP contribution in [-0.4, -0.2) is 41.4 Å². The van der Waals surface area contributed by atoms with Gasteiger partial charge in [0.15, 0.2) is 11.6 Å². The Morgan fingerprint density at radius 1 is 0.844 bits per heavy atom. The first-order valence-electron chi connectivity index (χ1n) is 14.5. The van der Waals surface area contributed by atoms with E-state index in [9.17, 15) is 19.5 Å². The van der Waals surface area contributed by atoms with Gasteiger partial charge >= 0.3 is 5.97 Å². The minimum Gasteiger partial charge on any atom is -0.480 e. The Morgan fingerprint density at radius 2 is 1.40 bits per heavy atom. The lowest BCUT2D eigenvalue weighted by molar-refractivity contribution is -0.139. The SMILES string of the molecule is C=N/C(=N\C=C(/C)c1ccc(-c2ccc(C(C)=O)cc2)cc1)c1ccc(C[C@H](NC(=O)c2ccc(C(C)(C)C)s2)C(=O)O)cc1. The number of amides is 1. The Hall–Kier alpha value is -4.95. The van der Waals surface area contributed by atoms with Gasteiger partial charge in [-0.3, -0.25) is 9.59 Å². The predicted octanol–water partition coefficient (Wildman–Crippen LogP) is 7.85. The number of allylic oxidation sites excluding steroid dienone is 1. The maximum absolute atomic E-state index is 12.8. The Labute approximate surface area is 268 Å². The molecule has 0 unspecified atom stereocenters. The number of thiophene rings is 1. The van der Waals surface area contributed by atoms with Crippen LogP contribution in [0.25, 0.3) is 16.7 Å². The van der Waals surface area contributed by atoms with Crippen molar-refractivity contribution >= 4 is 47.1 Å². The van der Waals surface area contributed by atoms with E-state index in [2.05, 4.69) is 42.8 Å². The molecule has 1 atom stereocenters. The second kappa shape index (κ2) is 14.2. The number of nitrogens with one attached hydrogen (secondary N) is 1. The number of aliphatic imine (C=N–C) groups is 2. The Kier molecular flexibility index (Phi) is 10.4. The summed E-state index contributed by atoms with van der Waals surface area (Å²) >= 11 is 1.37. The molecule has 0 saturated carbocycles. The van der Waals surface area contributed by atoms with Crippen LogP contribution in [0.5, 0.6) is 0 Å². The van der Waals surface area contributed by atoms with Crippen molar-refractivity contribution in [2.24, 2.45) is 9.98 Å². The average molecular weight is 620 g/mol. The van der Waals surface area contributed by atoms with Gasteiger partial charge in [0.25, 0.3) is 5.91 Å². The average Bonchev–Trinajstić information content (AvgIpc) is 3.53. The molecule has 0 bridgehead atoms. The van der Waals surface area contributed by atoms with Crippen molar-refractivity contribution in [3.8, 4) is 11.1 Å². The highest BCUT2D eigenvalue weighted by Crippen LogP contribution is 2.29. The van der Waals surface area contributed by atoms with Crippen LogP contribution in [0.2, 0.25) is 0 Å². The third kappa shape index (κ3) is 8.58. The molecule has 8 heteroatoms. The van der Waals surface area contributed by atoms with E-state index in [0.29, 0.717) is 16.3 Å². The number of nitrogens with zero attached hydrogens (tertiary/aromatic N) is 2. The van der Waals surface area contributed by atoms with Crippen molar-refractivity contribution in [2.75, 3.05) is 0 Å². The van der Waals surface area contributed by atoms with Gasteiger partial charge in [0.1, 0.15) is 6.04 Å². The van der Waals surface area contributed by atoms with Crippen LogP contribution in [0, 0.1) is 0 Å². The molecule has 1 aromatic heterocycles. The molecule has 0 spiro atoms. The van der Waals surface area contributed by atoms with Crippen LogP contribution >= 0.6 is 11.3 Å². The third-order valence-corrected chi connectivity index (χ3v) is 8.83. The van der Waals surface area contributed by atoms with Crippen molar-refractivity contribution in [1.82, 2.24) is 5.32 Å². The quantitative estimate of drug-likeness (QED) is 0.107. The molecule has 7 nitrogen and oxygen atoms in total. The minimum absolute atomic E-state index is 0.0413. The van der Waals surface area contributed by atoms with E-state index < -0.39 is 17.9 Å². The summed E-state index contributed by atoms with van der Waals surface area (Å²) in [4.78, 5) is 46.5. The van der Waals surface area contributed by atoms with Gasteiger partial charge in [-0.15, -0.1) is 11.3 Å². The normalized spacial score (nSPS) is 12.8.